The molecule has 1 aromatic rings. The summed E-state index contributed by atoms with van der Waals surface area (Å²) in [5.41, 5.74) is 1.13. The molecule has 15 heavy (non-hydrogen) atoms. The van der Waals surface area contributed by atoms with Crippen LogP contribution >= 0.6 is 11.3 Å². The molecule has 0 atom stereocenters. The summed E-state index contributed by atoms with van der Waals surface area (Å²) in [6.07, 6.45) is 3.43. The normalized spacial score (nSPS) is 18.9. The average molecular weight is 226 g/mol. The molecule has 3 nitrogen and oxygen atoms in total. The topological polar surface area (TPSA) is 45.2 Å². The van der Waals surface area contributed by atoms with E-state index >= 15 is 0 Å². The Morgan fingerprint density at radius 1 is 1.47 bits per heavy atom. The summed E-state index contributed by atoms with van der Waals surface area (Å²) in [7, 11) is 0. The van der Waals surface area contributed by atoms with Crippen LogP contribution in [-0.2, 0) is 6.54 Å². The molecule has 1 aliphatic carbocycles. The maximum absolute atomic E-state index is 9.31. The van der Waals surface area contributed by atoms with Gasteiger partial charge in [-0.3, -0.25) is 0 Å². The first-order valence-electron chi connectivity index (χ1n) is 5.44. The van der Waals surface area contributed by atoms with E-state index in [9.17, 15) is 5.11 Å². The second-order valence-corrected chi connectivity index (χ2v) is 5.67. The largest absolute Gasteiger partial charge is 0.394 e. The van der Waals surface area contributed by atoms with Crippen LogP contribution in [0.25, 0.3) is 0 Å². The van der Waals surface area contributed by atoms with Gasteiger partial charge in [-0.1, -0.05) is 0 Å². The first-order chi connectivity index (χ1) is 7.15. The molecule has 0 radical (unpaired) electrons. The van der Waals surface area contributed by atoms with Gasteiger partial charge in [-0.2, -0.15) is 0 Å². The molecule has 1 heterocycles. The van der Waals surface area contributed by atoms with E-state index in [2.05, 4.69) is 10.3 Å². The van der Waals surface area contributed by atoms with Gasteiger partial charge in [0.25, 0.3) is 0 Å². The Morgan fingerprint density at radius 3 is 2.60 bits per heavy atom. The molecule has 1 saturated carbocycles. The minimum atomic E-state index is 0.00430. The number of nitrogens with zero attached hydrogens (tertiary/aromatic N) is 1. The standard InChI is InChI=1S/C11H18N2OS/c1-8-10(15-9(2)13-8)6-12-11(7-14)4-3-5-11/h12,14H,3-7H2,1-2H3. The van der Waals surface area contributed by atoms with Crippen LogP contribution in [0.3, 0.4) is 0 Å². The van der Waals surface area contributed by atoms with Crippen molar-refractivity contribution in [3.8, 4) is 0 Å². The Balaban J connectivity index is 1.95. The van der Waals surface area contributed by atoms with Crippen LogP contribution in [0.4, 0.5) is 0 Å². The molecule has 0 spiro atoms. The van der Waals surface area contributed by atoms with Gasteiger partial charge in [0, 0.05) is 17.0 Å². The first kappa shape index (κ1) is 11.0. The van der Waals surface area contributed by atoms with Crippen LogP contribution < -0.4 is 5.32 Å². The van der Waals surface area contributed by atoms with Crippen molar-refractivity contribution in [1.82, 2.24) is 10.3 Å². The molecule has 2 rings (SSSR count). The molecule has 0 bridgehead atoms. The van der Waals surface area contributed by atoms with Crippen molar-refractivity contribution < 1.29 is 5.11 Å². The highest BCUT2D eigenvalue weighted by molar-refractivity contribution is 7.11. The SMILES string of the molecule is Cc1nc(C)c(CNC2(CO)CCC2)s1. The van der Waals surface area contributed by atoms with E-state index in [1.165, 1.54) is 11.3 Å². The van der Waals surface area contributed by atoms with E-state index in [0.717, 1.165) is 30.1 Å². The monoisotopic (exact) mass is 226 g/mol. The molecule has 0 aromatic carbocycles. The summed E-state index contributed by atoms with van der Waals surface area (Å²) in [5.74, 6) is 0. The van der Waals surface area contributed by atoms with Gasteiger partial charge in [-0.25, -0.2) is 4.98 Å². The summed E-state index contributed by atoms with van der Waals surface area (Å²) in [5, 5.41) is 13.9. The first-order valence-corrected chi connectivity index (χ1v) is 6.26. The number of aromatic nitrogens is 1. The lowest BCUT2D eigenvalue weighted by molar-refractivity contribution is 0.0874. The molecule has 1 fully saturated rings. The molecular formula is C11H18N2OS. The Morgan fingerprint density at radius 2 is 2.20 bits per heavy atom. The van der Waals surface area contributed by atoms with Crippen molar-refractivity contribution in [3.05, 3.63) is 15.6 Å². The minimum absolute atomic E-state index is 0.00430. The highest BCUT2D eigenvalue weighted by atomic mass is 32.1. The fourth-order valence-corrected chi connectivity index (χ4v) is 2.88. The number of aliphatic hydroxyl groups is 1. The highest BCUT2D eigenvalue weighted by Crippen LogP contribution is 2.32. The van der Waals surface area contributed by atoms with Gasteiger partial charge < -0.3 is 10.4 Å². The minimum Gasteiger partial charge on any atom is -0.394 e. The number of aliphatic hydroxyl groups excluding tert-OH is 1. The molecule has 1 aromatic heterocycles. The van der Waals surface area contributed by atoms with Crippen molar-refractivity contribution in [2.24, 2.45) is 0 Å². The maximum atomic E-state index is 9.31. The number of nitrogens with one attached hydrogen (secondary N) is 1. The van der Waals surface area contributed by atoms with Crippen LogP contribution in [0.1, 0.15) is 34.8 Å². The molecule has 0 aliphatic heterocycles. The van der Waals surface area contributed by atoms with Gasteiger partial charge in [-0.05, 0) is 33.1 Å². The van der Waals surface area contributed by atoms with Crippen LogP contribution in [0.15, 0.2) is 0 Å². The smallest absolute Gasteiger partial charge is 0.0900 e. The molecule has 4 heteroatoms. The molecule has 0 unspecified atom stereocenters. The Kier molecular flexibility index (Phi) is 3.09. The summed E-state index contributed by atoms with van der Waals surface area (Å²) in [4.78, 5) is 5.70. The second kappa shape index (κ2) is 4.20. The third-order valence-electron chi connectivity index (χ3n) is 3.24. The van der Waals surface area contributed by atoms with Crippen molar-refractivity contribution in [3.63, 3.8) is 0 Å². The average Bonchev–Trinajstić information content (AvgIpc) is 2.44. The summed E-state index contributed by atoms with van der Waals surface area (Å²) in [6.45, 7) is 5.18. The van der Waals surface area contributed by atoms with E-state index in [-0.39, 0.29) is 12.1 Å². The predicted octanol–water partition coefficient (Wildman–Crippen LogP) is 1.76. The molecule has 2 N–H and O–H groups in total. The lowest BCUT2D eigenvalue weighted by Gasteiger charge is -2.41. The van der Waals surface area contributed by atoms with Gasteiger partial charge >= 0.3 is 0 Å². The quantitative estimate of drug-likeness (QED) is 0.822. The van der Waals surface area contributed by atoms with Crippen molar-refractivity contribution in [2.45, 2.75) is 45.2 Å². The van der Waals surface area contributed by atoms with E-state index in [1.54, 1.807) is 11.3 Å². The Bertz CT molecular complexity index is 339. The van der Waals surface area contributed by atoms with Gasteiger partial charge in [0.05, 0.1) is 17.3 Å². The third-order valence-corrected chi connectivity index (χ3v) is 4.31. The van der Waals surface area contributed by atoms with Crippen LogP contribution in [-0.4, -0.2) is 22.2 Å². The Hall–Kier alpha value is -0.450. The van der Waals surface area contributed by atoms with E-state index in [1.807, 2.05) is 13.8 Å². The van der Waals surface area contributed by atoms with Crippen molar-refractivity contribution in [1.29, 1.82) is 0 Å². The molecular weight excluding hydrogens is 208 g/mol. The van der Waals surface area contributed by atoms with Crippen LogP contribution in [0.2, 0.25) is 0 Å². The fraction of sp³-hybridized carbons (Fsp3) is 0.727. The number of rotatable bonds is 4. The van der Waals surface area contributed by atoms with E-state index in [4.69, 9.17) is 0 Å². The third kappa shape index (κ3) is 2.22. The molecule has 84 valence electrons. The highest BCUT2D eigenvalue weighted by Gasteiger charge is 2.35. The molecule has 0 amide bonds. The number of aryl methyl sites for hydroxylation is 2. The number of thiazole rings is 1. The molecule has 0 saturated heterocycles. The maximum Gasteiger partial charge on any atom is 0.0900 e. The van der Waals surface area contributed by atoms with Crippen LogP contribution in [0.5, 0.6) is 0 Å². The second-order valence-electron chi connectivity index (χ2n) is 4.39. The fourth-order valence-electron chi connectivity index (χ4n) is 2.00. The van der Waals surface area contributed by atoms with Crippen molar-refractivity contribution >= 4 is 11.3 Å². The lowest BCUT2D eigenvalue weighted by atomic mass is 9.77. The number of hydrogen-bond acceptors (Lipinski definition) is 4. The zero-order valence-corrected chi connectivity index (χ0v) is 10.2. The van der Waals surface area contributed by atoms with Gasteiger partial charge in [-0.15, -0.1) is 11.3 Å². The van der Waals surface area contributed by atoms with Gasteiger partial charge in [0.2, 0.25) is 0 Å². The lowest BCUT2D eigenvalue weighted by Crippen LogP contribution is -2.53. The van der Waals surface area contributed by atoms with E-state index < -0.39 is 0 Å². The van der Waals surface area contributed by atoms with E-state index in [0.29, 0.717) is 0 Å². The van der Waals surface area contributed by atoms with Crippen molar-refractivity contribution in [2.75, 3.05) is 6.61 Å². The molecule has 1 aliphatic rings. The predicted molar refractivity (Wildman–Crippen MR) is 62.1 cm³/mol. The van der Waals surface area contributed by atoms with Gasteiger partial charge in [0.1, 0.15) is 0 Å². The zero-order valence-electron chi connectivity index (χ0n) is 9.34. The summed E-state index contributed by atoms with van der Waals surface area (Å²) >= 11 is 1.74. The van der Waals surface area contributed by atoms with Gasteiger partial charge in [0.15, 0.2) is 0 Å². The number of hydrogen-bond donors (Lipinski definition) is 2. The zero-order chi connectivity index (χ0) is 10.9. The summed E-state index contributed by atoms with van der Waals surface area (Å²) in [6, 6.07) is 0. The van der Waals surface area contributed by atoms with Crippen LogP contribution in [0, 0.1) is 13.8 Å². The summed E-state index contributed by atoms with van der Waals surface area (Å²) < 4.78 is 0. The Labute approximate surface area is 94.5 Å².